The summed E-state index contributed by atoms with van der Waals surface area (Å²) in [6, 6.07) is 12.3. The second kappa shape index (κ2) is 10.5. The lowest BCUT2D eigenvalue weighted by Gasteiger charge is -2.34. The van der Waals surface area contributed by atoms with Crippen LogP contribution in [0.4, 0.5) is 11.6 Å². The Bertz CT molecular complexity index is 1460. The minimum atomic E-state index is -3.99. The molecule has 202 valence electrons. The molecule has 1 amide bonds. The third kappa shape index (κ3) is 4.90. The van der Waals surface area contributed by atoms with Crippen molar-refractivity contribution in [2.75, 3.05) is 44.2 Å². The van der Waals surface area contributed by atoms with Crippen LogP contribution in [0.2, 0.25) is 10.0 Å². The van der Waals surface area contributed by atoms with Crippen molar-refractivity contribution in [1.29, 1.82) is 0 Å². The number of nitrogens with zero attached hydrogens (tertiary/aromatic N) is 5. The van der Waals surface area contributed by atoms with Crippen molar-refractivity contribution in [2.45, 2.75) is 23.9 Å². The number of aliphatic hydroxyl groups excluding tert-OH is 1. The number of rotatable bonds is 7. The predicted octanol–water partition coefficient (Wildman–Crippen LogP) is 3.89. The molecular formula is C25H26BrCl2N5O4S. The van der Waals surface area contributed by atoms with Gasteiger partial charge < -0.3 is 5.11 Å². The van der Waals surface area contributed by atoms with Gasteiger partial charge in [-0.1, -0.05) is 51.3 Å². The quantitative estimate of drug-likeness (QED) is 0.420. The number of hydrogen-bond acceptors (Lipinski definition) is 6. The first kappa shape index (κ1) is 27.6. The maximum absolute atomic E-state index is 14.1. The summed E-state index contributed by atoms with van der Waals surface area (Å²) in [6.45, 7) is 3.79. The monoisotopic (exact) mass is 641 g/mol. The fourth-order valence-electron chi connectivity index (χ4n) is 5.08. The molecule has 1 unspecified atom stereocenters. The first-order valence-electron chi connectivity index (χ1n) is 12.0. The van der Waals surface area contributed by atoms with E-state index in [1.165, 1.54) is 20.0 Å². The molecule has 1 N–H and O–H groups in total. The van der Waals surface area contributed by atoms with E-state index in [0.717, 1.165) is 10.0 Å². The Morgan fingerprint density at radius 3 is 2.29 bits per heavy atom. The lowest BCUT2D eigenvalue weighted by atomic mass is 9.92. The molecule has 0 spiro atoms. The highest BCUT2D eigenvalue weighted by Crippen LogP contribution is 2.45. The van der Waals surface area contributed by atoms with Crippen LogP contribution in [0.5, 0.6) is 0 Å². The van der Waals surface area contributed by atoms with Crippen LogP contribution in [0.1, 0.15) is 12.5 Å². The number of carbonyl (C=O) groups is 1. The van der Waals surface area contributed by atoms with Crippen LogP contribution in [0.3, 0.4) is 0 Å². The number of carbonyl (C=O) groups excluding carboxylic acids is 1. The molecule has 0 saturated carbocycles. The van der Waals surface area contributed by atoms with Gasteiger partial charge >= 0.3 is 0 Å². The molecule has 2 aliphatic rings. The number of hydrogen-bond donors (Lipinski definition) is 1. The highest BCUT2D eigenvalue weighted by atomic mass is 79.9. The van der Waals surface area contributed by atoms with Crippen molar-refractivity contribution in [1.82, 2.24) is 18.8 Å². The maximum atomic E-state index is 14.1. The predicted molar refractivity (Wildman–Crippen MR) is 150 cm³/mol. The summed E-state index contributed by atoms with van der Waals surface area (Å²) in [5, 5.41) is 9.86. The number of aromatic nitrogens is 2. The summed E-state index contributed by atoms with van der Waals surface area (Å²) >= 11 is 15.9. The Hall–Kier alpha value is -1.99. The Labute approximate surface area is 239 Å². The van der Waals surface area contributed by atoms with Gasteiger partial charge in [0.15, 0.2) is 5.03 Å². The van der Waals surface area contributed by atoms with E-state index in [-0.39, 0.29) is 43.0 Å². The van der Waals surface area contributed by atoms with Crippen molar-refractivity contribution in [3.05, 3.63) is 68.7 Å². The van der Waals surface area contributed by atoms with Gasteiger partial charge in [-0.15, -0.1) is 0 Å². The number of anilines is 2. The Balaban J connectivity index is 1.61. The minimum absolute atomic E-state index is 0.0166. The molecule has 0 bridgehead atoms. The summed E-state index contributed by atoms with van der Waals surface area (Å²) in [5.41, 5.74) is -0.0358. The van der Waals surface area contributed by atoms with Crippen molar-refractivity contribution in [3.8, 4) is 0 Å². The maximum Gasteiger partial charge on any atom is 0.260 e. The van der Waals surface area contributed by atoms with E-state index < -0.39 is 15.6 Å². The summed E-state index contributed by atoms with van der Waals surface area (Å²) in [4.78, 5) is 22.0. The van der Waals surface area contributed by atoms with Gasteiger partial charge in [0.05, 0.1) is 18.5 Å². The molecule has 2 aliphatic heterocycles. The number of fused-ring (bicyclic) bond motifs is 1. The summed E-state index contributed by atoms with van der Waals surface area (Å²) in [7, 11) is -3.99. The van der Waals surface area contributed by atoms with Crippen LogP contribution >= 0.6 is 39.1 Å². The van der Waals surface area contributed by atoms with Crippen LogP contribution < -0.4 is 4.90 Å². The molecule has 0 radical (unpaired) electrons. The lowest BCUT2D eigenvalue weighted by Crippen LogP contribution is -2.50. The molecule has 1 fully saturated rings. The van der Waals surface area contributed by atoms with E-state index in [0.29, 0.717) is 35.4 Å². The average molecular weight is 643 g/mol. The van der Waals surface area contributed by atoms with Gasteiger partial charge in [-0.25, -0.2) is 18.3 Å². The molecule has 0 aliphatic carbocycles. The van der Waals surface area contributed by atoms with E-state index in [1.807, 2.05) is 29.2 Å². The van der Waals surface area contributed by atoms with Gasteiger partial charge in [0.2, 0.25) is 5.95 Å². The van der Waals surface area contributed by atoms with Crippen molar-refractivity contribution < 1.29 is 18.3 Å². The minimum Gasteiger partial charge on any atom is -0.395 e. The van der Waals surface area contributed by atoms with Crippen molar-refractivity contribution in [3.63, 3.8) is 0 Å². The topological polar surface area (TPSA) is 99.0 Å². The largest absolute Gasteiger partial charge is 0.395 e. The second-order valence-electron chi connectivity index (χ2n) is 9.55. The highest BCUT2D eigenvalue weighted by Gasteiger charge is 2.52. The Morgan fingerprint density at radius 2 is 1.68 bits per heavy atom. The van der Waals surface area contributed by atoms with Crippen LogP contribution in [-0.2, 0) is 26.8 Å². The number of halogens is 3. The van der Waals surface area contributed by atoms with Crippen LogP contribution in [0.25, 0.3) is 0 Å². The number of aliphatic hydroxyl groups is 1. The molecule has 3 heterocycles. The van der Waals surface area contributed by atoms with Crippen molar-refractivity contribution in [2.24, 2.45) is 0 Å². The van der Waals surface area contributed by atoms with Crippen LogP contribution in [0.15, 0.2) is 58.2 Å². The highest BCUT2D eigenvalue weighted by molar-refractivity contribution is 9.10. The number of amides is 1. The Kier molecular flexibility index (Phi) is 7.64. The molecule has 5 rings (SSSR count). The number of β-amino-alcohol motifs (C(OH)–C–C–N with tert-alkyl or cyclic N) is 1. The van der Waals surface area contributed by atoms with E-state index in [1.54, 1.807) is 25.1 Å². The zero-order valence-corrected chi connectivity index (χ0v) is 24.4. The third-order valence-corrected chi connectivity index (χ3v) is 9.81. The molecular weight excluding hydrogens is 617 g/mol. The van der Waals surface area contributed by atoms with Crippen LogP contribution in [-0.4, -0.2) is 77.5 Å². The van der Waals surface area contributed by atoms with Gasteiger partial charge in [0, 0.05) is 53.7 Å². The molecule has 13 heteroatoms. The van der Waals surface area contributed by atoms with Crippen LogP contribution in [0, 0.1) is 0 Å². The van der Waals surface area contributed by atoms with Gasteiger partial charge in [-0.2, -0.15) is 4.31 Å². The SMILES string of the molecule is CC1(Cc2ccc(Br)cc2)C(=O)N(c2cc(Cl)cc(Cl)c2)c2ncc(S(=O)(=O)N3CCN(CCO)CC3)n21. The molecule has 1 aromatic heterocycles. The fraction of sp³-hybridized carbons (Fsp3) is 0.360. The summed E-state index contributed by atoms with van der Waals surface area (Å²) in [5.74, 6) is -0.156. The first-order valence-corrected chi connectivity index (χ1v) is 15.0. The third-order valence-electron chi connectivity index (χ3n) is 6.99. The molecule has 38 heavy (non-hydrogen) atoms. The standard InChI is InChI=1S/C25H26BrCl2N5O4S/c1-25(15-17-2-4-18(26)5-3-17)23(35)32(21-13-19(27)12-20(28)14-21)24-29-16-22(33(24)25)38(36,37)31-8-6-30(7-9-31)10-11-34/h2-5,12-14,16,34H,6-11,15H2,1H3. The van der Waals surface area contributed by atoms with Gasteiger partial charge in [-0.3, -0.25) is 14.3 Å². The smallest absolute Gasteiger partial charge is 0.260 e. The average Bonchev–Trinajstić information content (AvgIpc) is 3.39. The summed E-state index contributed by atoms with van der Waals surface area (Å²) < 4.78 is 31.7. The number of imidazole rings is 1. The van der Waals surface area contributed by atoms with Gasteiger partial charge in [0.1, 0.15) is 5.54 Å². The van der Waals surface area contributed by atoms with Gasteiger partial charge in [-0.05, 0) is 42.8 Å². The first-order chi connectivity index (χ1) is 18.0. The molecule has 2 aromatic carbocycles. The van der Waals surface area contributed by atoms with E-state index in [2.05, 4.69) is 20.9 Å². The normalized spacial score (nSPS) is 20.8. The molecule has 1 saturated heterocycles. The number of benzene rings is 2. The Morgan fingerprint density at radius 1 is 1.05 bits per heavy atom. The van der Waals surface area contributed by atoms with E-state index in [4.69, 9.17) is 23.2 Å². The zero-order valence-electron chi connectivity index (χ0n) is 20.5. The second-order valence-corrected chi connectivity index (χ2v) is 13.2. The lowest BCUT2D eigenvalue weighted by molar-refractivity contribution is -0.124. The fourth-order valence-corrected chi connectivity index (χ4v) is 7.47. The molecule has 3 aromatic rings. The van der Waals surface area contributed by atoms with E-state index >= 15 is 0 Å². The molecule has 1 atom stereocenters. The number of piperazine rings is 1. The number of sulfonamides is 1. The van der Waals surface area contributed by atoms with E-state index in [9.17, 15) is 18.3 Å². The zero-order chi connectivity index (χ0) is 27.2. The summed E-state index contributed by atoms with van der Waals surface area (Å²) in [6.07, 6.45) is 1.55. The van der Waals surface area contributed by atoms with Gasteiger partial charge in [0.25, 0.3) is 15.9 Å². The molecule has 9 nitrogen and oxygen atoms in total. The van der Waals surface area contributed by atoms with Crippen molar-refractivity contribution >= 4 is 66.7 Å².